The monoisotopic (exact) mass is 331 g/mol. The maximum atomic E-state index is 12.1. The number of halogens is 2. The summed E-state index contributed by atoms with van der Waals surface area (Å²) in [4.78, 5) is 24.5. The van der Waals surface area contributed by atoms with Gasteiger partial charge in [-0.3, -0.25) is 9.59 Å². The summed E-state index contributed by atoms with van der Waals surface area (Å²) in [6.45, 7) is 0.395. The molecule has 1 amide bonds. The third-order valence-electron chi connectivity index (χ3n) is 3.35. The molecule has 1 aromatic rings. The van der Waals surface area contributed by atoms with E-state index in [0.717, 1.165) is 6.42 Å². The number of aliphatic carboxylic acids is 1. The van der Waals surface area contributed by atoms with Crippen LogP contribution in [0.25, 0.3) is 0 Å². The average Bonchev–Trinajstić information content (AvgIpc) is 2.84. The van der Waals surface area contributed by atoms with E-state index < -0.39 is 5.97 Å². The lowest BCUT2D eigenvalue weighted by molar-refractivity contribution is -0.140. The molecule has 0 spiro atoms. The third-order valence-corrected chi connectivity index (χ3v) is 3.88. The quantitative estimate of drug-likeness (QED) is 0.900. The molecular formula is C14H15Cl2NO4. The Morgan fingerprint density at radius 2 is 2.14 bits per heavy atom. The van der Waals surface area contributed by atoms with Crippen LogP contribution in [0.4, 0.5) is 0 Å². The van der Waals surface area contributed by atoms with Gasteiger partial charge in [0, 0.05) is 17.6 Å². The number of amides is 1. The number of carboxylic acid groups (broad SMARTS) is 1. The Bertz CT molecular complexity index is 550. The van der Waals surface area contributed by atoms with Gasteiger partial charge in [-0.15, -0.1) is 0 Å². The maximum Gasteiger partial charge on any atom is 0.305 e. The highest BCUT2D eigenvalue weighted by molar-refractivity contribution is 6.35. The van der Waals surface area contributed by atoms with E-state index in [2.05, 4.69) is 0 Å². The molecule has 0 radical (unpaired) electrons. The predicted octanol–water partition coefficient (Wildman–Crippen LogP) is 2.84. The van der Waals surface area contributed by atoms with Gasteiger partial charge in [0.25, 0.3) is 5.91 Å². The summed E-state index contributed by atoms with van der Waals surface area (Å²) in [6, 6.07) is 4.50. The molecule has 1 unspecified atom stereocenters. The van der Waals surface area contributed by atoms with Crippen molar-refractivity contribution < 1.29 is 19.4 Å². The van der Waals surface area contributed by atoms with Crippen LogP contribution in [0.5, 0.6) is 5.75 Å². The fourth-order valence-corrected chi connectivity index (χ4v) is 2.86. The van der Waals surface area contributed by atoms with Crippen LogP contribution in [0.3, 0.4) is 0 Å². The van der Waals surface area contributed by atoms with Crippen molar-refractivity contribution >= 4 is 35.1 Å². The number of rotatable bonds is 5. The molecule has 1 heterocycles. The number of carbonyl (C=O) groups is 2. The Morgan fingerprint density at radius 3 is 2.81 bits per heavy atom. The molecule has 7 heteroatoms. The van der Waals surface area contributed by atoms with Crippen molar-refractivity contribution in [3.63, 3.8) is 0 Å². The van der Waals surface area contributed by atoms with E-state index in [4.69, 9.17) is 33.0 Å². The topological polar surface area (TPSA) is 66.8 Å². The molecule has 0 bridgehead atoms. The molecule has 1 atom stereocenters. The van der Waals surface area contributed by atoms with Crippen LogP contribution in [-0.2, 0) is 9.59 Å². The van der Waals surface area contributed by atoms with Gasteiger partial charge in [0.2, 0.25) is 0 Å². The molecule has 1 aliphatic heterocycles. The lowest BCUT2D eigenvalue weighted by Gasteiger charge is -2.23. The minimum absolute atomic E-state index is 0.0343. The van der Waals surface area contributed by atoms with E-state index in [0.29, 0.717) is 28.8 Å². The van der Waals surface area contributed by atoms with Gasteiger partial charge in [-0.1, -0.05) is 23.2 Å². The van der Waals surface area contributed by atoms with Crippen LogP contribution in [0.2, 0.25) is 10.0 Å². The molecule has 114 valence electrons. The zero-order chi connectivity index (χ0) is 15.4. The zero-order valence-electron chi connectivity index (χ0n) is 11.2. The first-order chi connectivity index (χ1) is 9.97. The lowest BCUT2D eigenvalue weighted by Crippen LogP contribution is -2.39. The summed E-state index contributed by atoms with van der Waals surface area (Å²) in [5.41, 5.74) is 0. The van der Waals surface area contributed by atoms with Gasteiger partial charge in [-0.05, 0) is 31.0 Å². The number of likely N-dealkylation sites (tertiary alicyclic amines) is 1. The van der Waals surface area contributed by atoms with Crippen molar-refractivity contribution in [2.75, 3.05) is 13.2 Å². The first kappa shape index (κ1) is 15.9. The Hall–Kier alpha value is -1.46. The third kappa shape index (κ3) is 4.25. The van der Waals surface area contributed by atoms with Crippen LogP contribution < -0.4 is 4.74 Å². The zero-order valence-corrected chi connectivity index (χ0v) is 12.7. The first-order valence-corrected chi connectivity index (χ1v) is 7.32. The van der Waals surface area contributed by atoms with E-state index in [1.165, 1.54) is 6.07 Å². The van der Waals surface area contributed by atoms with Crippen molar-refractivity contribution in [3.8, 4) is 5.75 Å². The van der Waals surface area contributed by atoms with Crippen LogP contribution in [0.1, 0.15) is 19.3 Å². The number of carboxylic acids is 1. The number of hydrogen-bond acceptors (Lipinski definition) is 3. The predicted molar refractivity (Wildman–Crippen MR) is 78.9 cm³/mol. The smallest absolute Gasteiger partial charge is 0.305 e. The van der Waals surface area contributed by atoms with Crippen molar-refractivity contribution in [1.82, 2.24) is 4.90 Å². The largest absolute Gasteiger partial charge is 0.482 e. The highest BCUT2D eigenvalue weighted by Crippen LogP contribution is 2.28. The number of nitrogens with zero attached hydrogens (tertiary/aromatic N) is 1. The molecule has 0 saturated carbocycles. The number of carbonyl (C=O) groups excluding carboxylic acids is 1. The van der Waals surface area contributed by atoms with Crippen LogP contribution in [-0.4, -0.2) is 41.1 Å². The molecule has 1 aliphatic rings. The van der Waals surface area contributed by atoms with Crippen molar-refractivity contribution in [1.29, 1.82) is 0 Å². The van der Waals surface area contributed by atoms with E-state index >= 15 is 0 Å². The standard InChI is InChI=1S/C14H15Cl2NO4/c15-9-3-4-12(11(16)6-9)21-8-13(18)17-5-1-2-10(17)7-14(19)20/h3-4,6,10H,1-2,5,7-8H2,(H,19,20). The Labute approximate surface area is 132 Å². The Kier molecular flexibility index (Phi) is 5.31. The highest BCUT2D eigenvalue weighted by Gasteiger charge is 2.30. The van der Waals surface area contributed by atoms with Gasteiger partial charge in [0.15, 0.2) is 6.61 Å². The maximum absolute atomic E-state index is 12.1. The lowest BCUT2D eigenvalue weighted by atomic mass is 10.1. The van der Waals surface area contributed by atoms with Gasteiger partial charge in [0.1, 0.15) is 5.75 Å². The number of benzene rings is 1. The summed E-state index contributed by atoms with van der Waals surface area (Å²) in [5, 5.41) is 9.66. The van der Waals surface area contributed by atoms with Gasteiger partial charge in [0.05, 0.1) is 11.4 Å². The molecule has 21 heavy (non-hydrogen) atoms. The van der Waals surface area contributed by atoms with Crippen molar-refractivity contribution in [2.45, 2.75) is 25.3 Å². The number of hydrogen-bond donors (Lipinski definition) is 1. The van der Waals surface area contributed by atoms with E-state index in [1.807, 2.05) is 0 Å². The minimum Gasteiger partial charge on any atom is -0.482 e. The summed E-state index contributed by atoms with van der Waals surface area (Å²) in [5.74, 6) is -0.755. The van der Waals surface area contributed by atoms with Crippen molar-refractivity contribution in [2.24, 2.45) is 0 Å². The molecule has 2 rings (SSSR count). The SMILES string of the molecule is O=C(O)CC1CCCN1C(=O)COc1ccc(Cl)cc1Cl. The molecular weight excluding hydrogens is 317 g/mol. The summed E-state index contributed by atoms with van der Waals surface area (Å²) < 4.78 is 5.39. The van der Waals surface area contributed by atoms with E-state index in [-0.39, 0.29) is 25.0 Å². The van der Waals surface area contributed by atoms with E-state index in [1.54, 1.807) is 17.0 Å². The Morgan fingerprint density at radius 1 is 1.38 bits per heavy atom. The van der Waals surface area contributed by atoms with E-state index in [9.17, 15) is 9.59 Å². The second-order valence-corrected chi connectivity index (χ2v) is 5.69. The second-order valence-electron chi connectivity index (χ2n) is 4.84. The highest BCUT2D eigenvalue weighted by atomic mass is 35.5. The molecule has 0 aliphatic carbocycles. The van der Waals surface area contributed by atoms with Crippen molar-refractivity contribution in [3.05, 3.63) is 28.2 Å². The average molecular weight is 332 g/mol. The first-order valence-electron chi connectivity index (χ1n) is 6.56. The Balaban J connectivity index is 1.93. The van der Waals surface area contributed by atoms with Crippen LogP contribution >= 0.6 is 23.2 Å². The molecule has 1 fully saturated rings. The summed E-state index contributed by atoms with van der Waals surface area (Å²) in [7, 11) is 0. The van der Waals surface area contributed by atoms with Gasteiger partial charge >= 0.3 is 5.97 Å². The summed E-state index contributed by atoms with van der Waals surface area (Å²) in [6.07, 6.45) is 1.48. The number of ether oxygens (including phenoxy) is 1. The second kappa shape index (κ2) is 7.00. The summed E-state index contributed by atoms with van der Waals surface area (Å²) >= 11 is 11.7. The van der Waals surface area contributed by atoms with Crippen LogP contribution in [0.15, 0.2) is 18.2 Å². The van der Waals surface area contributed by atoms with Gasteiger partial charge < -0.3 is 14.7 Å². The van der Waals surface area contributed by atoms with Gasteiger partial charge in [-0.25, -0.2) is 0 Å². The van der Waals surface area contributed by atoms with Crippen LogP contribution in [0, 0.1) is 0 Å². The molecule has 0 aromatic heterocycles. The fraction of sp³-hybridized carbons (Fsp3) is 0.429. The van der Waals surface area contributed by atoms with Gasteiger partial charge in [-0.2, -0.15) is 0 Å². The molecule has 1 aromatic carbocycles. The fourth-order valence-electron chi connectivity index (χ4n) is 2.39. The minimum atomic E-state index is -0.902. The normalized spacial score (nSPS) is 17.8. The molecule has 5 nitrogen and oxygen atoms in total. The molecule has 1 saturated heterocycles. The molecule has 1 N–H and O–H groups in total.